The Bertz CT molecular complexity index is 875. The molecule has 1 saturated heterocycles. The molecule has 1 atom stereocenters. The molecule has 1 N–H and O–H groups in total. The van der Waals surface area contributed by atoms with Crippen molar-refractivity contribution < 1.29 is 13.2 Å². The summed E-state index contributed by atoms with van der Waals surface area (Å²) in [5.41, 5.74) is 0.774. The van der Waals surface area contributed by atoms with Crippen molar-refractivity contribution in [3.05, 3.63) is 52.5 Å². The third-order valence-corrected chi connectivity index (χ3v) is 6.71. The van der Waals surface area contributed by atoms with Gasteiger partial charge in [-0.3, -0.25) is 4.79 Å². The summed E-state index contributed by atoms with van der Waals surface area (Å²) in [6.07, 6.45) is 8.06. The SMILES string of the molecule is CNS(=O)(=O)c1ccc(/C=C/C(=O)N2CCCCC2c2nccs2)cc1. The normalized spacial score (nSPS) is 18.3. The number of nitrogens with one attached hydrogen (secondary N) is 1. The molecule has 1 aromatic heterocycles. The van der Waals surface area contributed by atoms with E-state index in [0.717, 1.165) is 36.4 Å². The lowest BCUT2D eigenvalue weighted by Gasteiger charge is -2.33. The number of rotatable bonds is 5. The van der Waals surface area contributed by atoms with Crippen LogP contribution >= 0.6 is 11.3 Å². The van der Waals surface area contributed by atoms with E-state index in [1.54, 1.807) is 41.8 Å². The minimum atomic E-state index is -3.45. The van der Waals surface area contributed by atoms with Gasteiger partial charge in [0.1, 0.15) is 5.01 Å². The molecule has 8 heteroatoms. The van der Waals surface area contributed by atoms with Crippen molar-refractivity contribution in [2.75, 3.05) is 13.6 Å². The van der Waals surface area contributed by atoms with E-state index in [2.05, 4.69) is 9.71 Å². The van der Waals surface area contributed by atoms with Gasteiger partial charge in [0.15, 0.2) is 0 Å². The second-order valence-electron chi connectivity index (χ2n) is 6.02. The summed E-state index contributed by atoms with van der Waals surface area (Å²) in [5.74, 6) is -0.0446. The van der Waals surface area contributed by atoms with Gasteiger partial charge in [-0.1, -0.05) is 12.1 Å². The fourth-order valence-corrected chi connectivity index (χ4v) is 4.51. The van der Waals surface area contributed by atoms with Gasteiger partial charge in [0.2, 0.25) is 15.9 Å². The third kappa shape index (κ3) is 4.20. The lowest BCUT2D eigenvalue weighted by Crippen LogP contribution is -2.37. The van der Waals surface area contributed by atoms with Crippen LogP contribution in [0.4, 0.5) is 0 Å². The van der Waals surface area contributed by atoms with Crippen molar-refractivity contribution in [3.8, 4) is 0 Å². The minimum absolute atomic E-state index is 0.0446. The van der Waals surface area contributed by atoms with E-state index < -0.39 is 10.0 Å². The summed E-state index contributed by atoms with van der Waals surface area (Å²) < 4.78 is 25.8. The smallest absolute Gasteiger partial charge is 0.247 e. The minimum Gasteiger partial charge on any atom is -0.330 e. The van der Waals surface area contributed by atoms with Gasteiger partial charge in [0.25, 0.3) is 0 Å². The number of sulfonamides is 1. The Morgan fingerprint density at radius 2 is 2.08 bits per heavy atom. The van der Waals surface area contributed by atoms with Crippen molar-refractivity contribution >= 4 is 33.3 Å². The highest BCUT2D eigenvalue weighted by Crippen LogP contribution is 2.32. The summed E-state index contributed by atoms with van der Waals surface area (Å²) in [7, 11) is -2.08. The van der Waals surface area contributed by atoms with Crippen LogP contribution in [0, 0.1) is 0 Å². The van der Waals surface area contributed by atoms with Gasteiger partial charge in [0, 0.05) is 24.2 Å². The van der Waals surface area contributed by atoms with Gasteiger partial charge in [0.05, 0.1) is 10.9 Å². The summed E-state index contributed by atoms with van der Waals surface area (Å²) in [6, 6.07) is 6.46. The highest BCUT2D eigenvalue weighted by Gasteiger charge is 2.28. The van der Waals surface area contributed by atoms with E-state index in [1.165, 1.54) is 19.2 Å². The zero-order chi connectivity index (χ0) is 18.6. The molecule has 0 bridgehead atoms. The van der Waals surface area contributed by atoms with Crippen LogP contribution in [0.25, 0.3) is 6.08 Å². The van der Waals surface area contributed by atoms with Crippen LogP contribution in [0.2, 0.25) is 0 Å². The number of piperidine rings is 1. The maximum absolute atomic E-state index is 12.7. The van der Waals surface area contributed by atoms with Crippen LogP contribution in [-0.2, 0) is 14.8 Å². The number of hydrogen-bond acceptors (Lipinski definition) is 5. The van der Waals surface area contributed by atoms with Crippen LogP contribution in [-0.4, -0.2) is 37.8 Å². The van der Waals surface area contributed by atoms with Crippen molar-refractivity contribution in [2.24, 2.45) is 0 Å². The maximum Gasteiger partial charge on any atom is 0.247 e. The highest BCUT2D eigenvalue weighted by molar-refractivity contribution is 7.89. The fraction of sp³-hybridized carbons (Fsp3) is 0.333. The van der Waals surface area contributed by atoms with Crippen LogP contribution in [0.5, 0.6) is 0 Å². The van der Waals surface area contributed by atoms with Gasteiger partial charge < -0.3 is 4.90 Å². The Morgan fingerprint density at radius 3 is 2.73 bits per heavy atom. The molecule has 138 valence electrons. The summed E-state index contributed by atoms with van der Waals surface area (Å²) in [4.78, 5) is 19.1. The standard InChI is InChI=1S/C18H21N3O3S2/c1-19-26(23,24)15-8-5-14(6-9-15)7-10-17(22)21-12-3-2-4-16(21)18-20-11-13-25-18/h5-11,13,16,19H,2-4,12H2,1H3/b10-7+. The molecule has 2 aromatic rings. The van der Waals surface area contributed by atoms with Gasteiger partial charge >= 0.3 is 0 Å². The highest BCUT2D eigenvalue weighted by atomic mass is 32.2. The van der Waals surface area contributed by atoms with E-state index >= 15 is 0 Å². The molecular formula is C18H21N3O3S2. The Kier molecular flexibility index (Phi) is 5.85. The molecule has 2 heterocycles. The molecule has 3 rings (SSSR count). The average Bonchev–Trinajstić information content (AvgIpc) is 3.21. The molecule has 6 nitrogen and oxygen atoms in total. The molecule has 0 saturated carbocycles. The van der Waals surface area contributed by atoms with E-state index in [4.69, 9.17) is 0 Å². The summed E-state index contributed by atoms with van der Waals surface area (Å²) >= 11 is 1.58. The van der Waals surface area contributed by atoms with E-state index in [-0.39, 0.29) is 16.8 Å². The van der Waals surface area contributed by atoms with Gasteiger partial charge in [-0.2, -0.15) is 0 Å². The molecule has 1 aromatic carbocycles. The molecule has 1 aliphatic rings. The molecular weight excluding hydrogens is 370 g/mol. The van der Waals surface area contributed by atoms with Crippen molar-refractivity contribution in [3.63, 3.8) is 0 Å². The van der Waals surface area contributed by atoms with Gasteiger partial charge in [-0.25, -0.2) is 18.1 Å². The number of hydrogen-bond donors (Lipinski definition) is 1. The lowest BCUT2D eigenvalue weighted by molar-refractivity contribution is -0.129. The molecule has 26 heavy (non-hydrogen) atoms. The first-order chi connectivity index (χ1) is 12.5. The predicted octanol–water partition coefficient (Wildman–Crippen LogP) is 2.82. The van der Waals surface area contributed by atoms with E-state index in [1.807, 2.05) is 10.3 Å². The molecule has 1 amide bonds. The van der Waals surface area contributed by atoms with Gasteiger partial charge in [-0.15, -0.1) is 11.3 Å². The van der Waals surface area contributed by atoms with Crippen LogP contribution < -0.4 is 4.72 Å². The number of benzene rings is 1. The first-order valence-electron chi connectivity index (χ1n) is 8.43. The van der Waals surface area contributed by atoms with Gasteiger partial charge in [-0.05, 0) is 50.1 Å². The van der Waals surface area contributed by atoms with Crippen LogP contribution in [0.15, 0.2) is 46.8 Å². The monoisotopic (exact) mass is 391 g/mol. The molecule has 1 unspecified atom stereocenters. The van der Waals surface area contributed by atoms with Crippen LogP contribution in [0.3, 0.4) is 0 Å². The number of likely N-dealkylation sites (tertiary alicyclic amines) is 1. The first-order valence-corrected chi connectivity index (χ1v) is 10.8. The lowest BCUT2D eigenvalue weighted by atomic mass is 10.0. The fourth-order valence-electron chi connectivity index (χ4n) is 2.99. The quantitative estimate of drug-likeness (QED) is 0.795. The van der Waals surface area contributed by atoms with E-state index in [0.29, 0.717) is 0 Å². The Hall–Kier alpha value is -2.03. The van der Waals surface area contributed by atoms with Crippen molar-refractivity contribution in [2.45, 2.75) is 30.2 Å². The second-order valence-corrected chi connectivity index (χ2v) is 8.84. The predicted molar refractivity (Wildman–Crippen MR) is 102 cm³/mol. The number of carbonyl (C=O) groups is 1. The Labute approximate surface area is 157 Å². The largest absolute Gasteiger partial charge is 0.330 e. The number of thiazole rings is 1. The second kappa shape index (κ2) is 8.11. The van der Waals surface area contributed by atoms with Crippen molar-refractivity contribution in [1.29, 1.82) is 0 Å². The third-order valence-electron chi connectivity index (χ3n) is 4.40. The number of carbonyl (C=O) groups excluding carboxylic acids is 1. The average molecular weight is 392 g/mol. The van der Waals surface area contributed by atoms with Crippen LogP contribution in [0.1, 0.15) is 35.9 Å². The Balaban J connectivity index is 1.72. The van der Waals surface area contributed by atoms with Crippen molar-refractivity contribution in [1.82, 2.24) is 14.6 Å². The number of aromatic nitrogens is 1. The molecule has 1 aliphatic heterocycles. The zero-order valence-electron chi connectivity index (χ0n) is 14.5. The molecule has 0 radical (unpaired) electrons. The Morgan fingerprint density at radius 1 is 1.31 bits per heavy atom. The number of nitrogens with zero attached hydrogens (tertiary/aromatic N) is 2. The molecule has 0 spiro atoms. The first kappa shape index (κ1) is 18.8. The van der Waals surface area contributed by atoms with E-state index in [9.17, 15) is 13.2 Å². The summed E-state index contributed by atoms with van der Waals surface area (Å²) in [6.45, 7) is 0.729. The topological polar surface area (TPSA) is 79.4 Å². The zero-order valence-corrected chi connectivity index (χ0v) is 16.1. The number of amides is 1. The molecule has 0 aliphatic carbocycles. The molecule has 1 fully saturated rings. The summed E-state index contributed by atoms with van der Waals surface area (Å²) in [5, 5.41) is 2.91. The maximum atomic E-state index is 12.7.